The second-order valence-corrected chi connectivity index (χ2v) is 12.8. The minimum absolute atomic E-state index is 1.16. The van der Waals surface area contributed by atoms with Gasteiger partial charge in [0.15, 0.2) is 0 Å². The molecular weight excluding hydrogens is 565 g/mol. The first-order valence-electron chi connectivity index (χ1n) is 15.4. The third-order valence-corrected chi connectivity index (χ3v) is 10.5. The molecule has 0 N–H and O–H groups in total. The average molecular weight is 591 g/mol. The van der Waals surface area contributed by atoms with Gasteiger partial charge in [-0.1, -0.05) is 121 Å². The summed E-state index contributed by atoms with van der Waals surface area (Å²) < 4.78 is 7.63. The van der Waals surface area contributed by atoms with Crippen LogP contribution in [0.2, 0.25) is 0 Å². The number of nitrogens with zero attached hydrogens (tertiary/aromatic N) is 2. The van der Waals surface area contributed by atoms with Gasteiger partial charge in [0, 0.05) is 42.7 Å². The van der Waals surface area contributed by atoms with Gasteiger partial charge >= 0.3 is 0 Å². The van der Waals surface area contributed by atoms with Crippen molar-refractivity contribution in [2.75, 3.05) is 0 Å². The molecule has 0 saturated heterocycles. The molecule has 7 aromatic carbocycles. The molecule has 10 rings (SSSR count). The van der Waals surface area contributed by atoms with E-state index in [0.717, 1.165) is 5.69 Å². The molecule has 0 aliphatic heterocycles. The molecule has 2 nitrogen and oxygen atoms in total. The van der Waals surface area contributed by atoms with E-state index in [1.54, 1.807) is 0 Å². The normalized spacial score (nSPS) is 12.0. The van der Waals surface area contributed by atoms with E-state index < -0.39 is 0 Å². The number of fused-ring (bicyclic) bond motifs is 10. The number of rotatable bonds is 3. The van der Waals surface area contributed by atoms with Crippen LogP contribution < -0.4 is 0 Å². The summed E-state index contributed by atoms with van der Waals surface area (Å²) >= 11 is 1.89. The summed E-state index contributed by atoms with van der Waals surface area (Å²) in [6, 6.07) is 57.6. The van der Waals surface area contributed by atoms with Crippen molar-refractivity contribution in [1.82, 2.24) is 9.13 Å². The van der Waals surface area contributed by atoms with Gasteiger partial charge in [0.25, 0.3) is 0 Å². The number of para-hydroxylation sites is 2. The first kappa shape index (κ1) is 24.8. The lowest BCUT2D eigenvalue weighted by Crippen LogP contribution is -1.99. The van der Waals surface area contributed by atoms with Crippen LogP contribution in [-0.2, 0) is 0 Å². The van der Waals surface area contributed by atoms with Crippen LogP contribution in [0.5, 0.6) is 0 Å². The average Bonchev–Trinajstić information content (AvgIpc) is 3.77. The molecule has 45 heavy (non-hydrogen) atoms. The Bertz CT molecular complexity index is 2740. The third-order valence-electron chi connectivity index (χ3n) is 9.33. The SMILES string of the molecule is c1ccc(-c2ccc(-n3c4ccccc4c4ccc5c6ccccc6n(-c6cccc7c6sc6ccccc67)c5c43)cc2)cc1. The summed E-state index contributed by atoms with van der Waals surface area (Å²) in [6.45, 7) is 0. The van der Waals surface area contributed by atoms with Gasteiger partial charge in [-0.05, 0) is 47.5 Å². The highest BCUT2D eigenvalue weighted by Crippen LogP contribution is 2.44. The minimum Gasteiger partial charge on any atom is -0.307 e. The van der Waals surface area contributed by atoms with Crippen molar-refractivity contribution < 1.29 is 0 Å². The van der Waals surface area contributed by atoms with Crippen LogP contribution in [0, 0.1) is 0 Å². The zero-order valence-electron chi connectivity index (χ0n) is 24.3. The fourth-order valence-electron chi connectivity index (χ4n) is 7.36. The van der Waals surface area contributed by atoms with E-state index in [9.17, 15) is 0 Å². The predicted molar refractivity (Wildman–Crippen MR) is 193 cm³/mol. The van der Waals surface area contributed by atoms with Crippen LogP contribution in [0.3, 0.4) is 0 Å². The van der Waals surface area contributed by atoms with E-state index in [4.69, 9.17) is 0 Å². The quantitative estimate of drug-likeness (QED) is 0.194. The molecule has 210 valence electrons. The molecule has 3 heterocycles. The fraction of sp³-hybridized carbons (Fsp3) is 0. The Kier molecular flexibility index (Phi) is 5.19. The smallest absolute Gasteiger partial charge is 0.0789 e. The fourth-order valence-corrected chi connectivity index (χ4v) is 8.57. The van der Waals surface area contributed by atoms with E-state index in [-0.39, 0.29) is 0 Å². The summed E-state index contributed by atoms with van der Waals surface area (Å²) in [6.07, 6.45) is 0. The highest BCUT2D eigenvalue weighted by Gasteiger charge is 2.22. The monoisotopic (exact) mass is 590 g/mol. The van der Waals surface area contributed by atoms with Crippen LogP contribution in [0.1, 0.15) is 0 Å². The van der Waals surface area contributed by atoms with Crippen LogP contribution in [-0.4, -0.2) is 9.13 Å². The highest BCUT2D eigenvalue weighted by atomic mass is 32.1. The first-order valence-corrected chi connectivity index (χ1v) is 16.2. The number of hydrogen-bond donors (Lipinski definition) is 0. The number of hydrogen-bond acceptors (Lipinski definition) is 1. The first-order chi connectivity index (χ1) is 22.3. The lowest BCUT2D eigenvalue weighted by Gasteiger charge is -2.13. The Hall–Kier alpha value is -5.64. The summed E-state index contributed by atoms with van der Waals surface area (Å²) in [5, 5.41) is 7.68. The lowest BCUT2D eigenvalue weighted by molar-refractivity contribution is 1.16. The maximum atomic E-state index is 2.53. The molecule has 3 aromatic heterocycles. The molecule has 0 aliphatic rings. The topological polar surface area (TPSA) is 9.86 Å². The van der Waals surface area contributed by atoms with Crippen molar-refractivity contribution in [3.05, 3.63) is 158 Å². The van der Waals surface area contributed by atoms with Gasteiger partial charge in [0.1, 0.15) is 0 Å². The number of thiophene rings is 1. The highest BCUT2D eigenvalue weighted by molar-refractivity contribution is 7.26. The minimum atomic E-state index is 1.16. The van der Waals surface area contributed by atoms with Crippen LogP contribution in [0.25, 0.3) is 86.3 Å². The number of aromatic nitrogens is 2. The molecule has 3 heteroatoms. The summed E-state index contributed by atoms with van der Waals surface area (Å²) in [5.74, 6) is 0. The second kappa shape index (κ2) is 9.43. The predicted octanol–water partition coefficient (Wildman–Crippen LogP) is 11.9. The zero-order chi connectivity index (χ0) is 29.5. The largest absolute Gasteiger partial charge is 0.307 e. The Balaban J connectivity index is 1.37. The van der Waals surface area contributed by atoms with Crippen molar-refractivity contribution >= 4 is 75.1 Å². The molecule has 0 spiro atoms. The van der Waals surface area contributed by atoms with E-state index in [0.29, 0.717) is 0 Å². The van der Waals surface area contributed by atoms with Crippen LogP contribution in [0.4, 0.5) is 0 Å². The number of benzene rings is 7. The standard InChI is InChI=1S/C42H26N2S/c1-2-11-27(12-3-1)28-21-23-29(24-22-28)43-36-17-7-4-13-30(36)33-25-26-34-31-14-5-8-18-37(31)44(41(34)40(33)43)38-19-10-16-35-32-15-6-9-20-39(32)45-42(35)38/h1-26H. The Morgan fingerprint density at radius 2 is 0.911 bits per heavy atom. The summed E-state index contributed by atoms with van der Waals surface area (Å²) in [4.78, 5) is 0. The summed E-state index contributed by atoms with van der Waals surface area (Å²) in [7, 11) is 0. The van der Waals surface area contributed by atoms with Gasteiger partial charge < -0.3 is 9.13 Å². The molecular formula is C42H26N2S. The molecule has 0 atom stereocenters. The van der Waals surface area contributed by atoms with Crippen molar-refractivity contribution in [1.29, 1.82) is 0 Å². The zero-order valence-corrected chi connectivity index (χ0v) is 25.1. The van der Waals surface area contributed by atoms with E-state index >= 15 is 0 Å². The summed E-state index contributed by atoms with van der Waals surface area (Å²) in [5.41, 5.74) is 9.73. The Labute approximate surface area is 263 Å². The molecule has 0 unspecified atom stereocenters. The van der Waals surface area contributed by atoms with Gasteiger partial charge in [-0.25, -0.2) is 0 Å². The lowest BCUT2D eigenvalue weighted by atomic mass is 10.1. The van der Waals surface area contributed by atoms with Crippen molar-refractivity contribution in [2.45, 2.75) is 0 Å². The molecule has 0 radical (unpaired) electrons. The van der Waals surface area contributed by atoms with Crippen LogP contribution in [0.15, 0.2) is 158 Å². The molecule has 0 bridgehead atoms. The van der Waals surface area contributed by atoms with Gasteiger partial charge in [0.2, 0.25) is 0 Å². The maximum absolute atomic E-state index is 2.53. The Morgan fingerprint density at radius 1 is 0.356 bits per heavy atom. The van der Waals surface area contributed by atoms with E-state index in [1.807, 2.05) is 11.3 Å². The van der Waals surface area contributed by atoms with Crippen LogP contribution >= 0.6 is 11.3 Å². The van der Waals surface area contributed by atoms with Gasteiger partial charge in [-0.15, -0.1) is 11.3 Å². The molecule has 0 fully saturated rings. The second-order valence-electron chi connectivity index (χ2n) is 11.7. The third kappa shape index (κ3) is 3.50. The Morgan fingerprint density at radius 3 is 1.64 bits per heavy atom. The van der Waals surface area contributed by atoms with Gasteiger partial charge in [0.05, 0.1) is 32.5 Å². The van der Waals surface area contributed by atoms with Crippen molar-refractivity contribution in [2.24, 2.45) is 0 Å². The van der Waals surface area contributed by atoms with Gasteiger partial charge in [-0.2, -0.15) is 0 Å². The molecule has 0 aliphatic carbocycles. The van der Waals surface area contributed by atoms with E-state index in [2.05, 4.69) is 167 Å². The van der Waals surface area contributed by atoms with Crippen molar-refractivity contribution in [3.63, 3.8) is 0 Å². The van der Waals surface area contributed by atoms with E-state index in [1.165, 1.54) is 80.6 Å². The molecule has 0 saturated carbocycles. The van der Waals surface area contributed by atoms with Crippen molar-refractivity contribution in [3.8, 4) is 22.5 Å². The van der Waals surface area contributed by atoms with Gasteiger partial charge in [-0.3, -0.25) is 0 Å². The molecule has 0 amide bonds. The maximum Gasteiger partial charge on any atom is 0.0789 e. The molecule has 10 aromatic rings.